The number of hydrogen-bond acceptors (Lipinski definition) is 4. The van der Waals surface area contributed by atoms with Gasteiger partial charge in [-0.05, 0) is 24.3 Å². The molecular weight excluding hydrogens is 287 g/mol. The summed E-state index contributed by atoms with van der Waals surface area (Å²) in [5.74, 6) is 2.07. The maximum absolute atomic E-state index is 8.74. The van der Waals surface area contributed by atoms with Gasteiger partial charge in [-0.2, -0.15) is 33.7 Å². The van der Waals surface area contributed by atoms with E-state index in [0.29, 0.717) is 0 Å². The Hall–Kier alpha value is 1.49. The van der Waals surface area contributed by atoms with E-state index in [9.17, 15) is 0 Å². The van der Waals surface area contributed by atoms with Crippen LogP contribution >= 0.6 is 25.3 Å². The van der Waals surface area contributed by atoms with Gasteiger partial charge in [0.25, 0.3) is 0 Å². The zero-order valence-electron chi connectivity index (χ0n) is 8.26. The Labute approximate surface area is 130 Å². The van der Waals surface area contributed by atoms with Crippen LogP contribution in [0.2, 0.25) is 0 Å². The molecule has 0 atom stereocenters. The molecule has 100 valence electrons. The minimum absolute atomic E-state index is 0. The summed E-state index contributed by atoms with van der Waals surface area (Å²) >= 11 is 8.21. The van der Waals surface area contributed by atoms with Gasteiger partial charge in [-0.3, -0.25) is 9.11 Å². The molecule has 0 aliphatic carbocycles. The van der Waals surface area contributed by atoms with Crippen molar-refractivity contribution in [2.75, 3.05) is 11.5 Å². The number of unbranched alkanes of at least 4 members (excludes halogenated alkanes) is 3. The molecule has 0 aliphatic rings. The predicted molar refractivity (Wildman–Crippen MR) is 74.7 cm³/mol. The Kier molecular flexibility index (Phi) is 41.4. The van der Waals surface area contributed by atoms with Crippen LogP contribution in [0.5, 0.6) is 0 Å². The maximum atomic E-state index is 8.74. The van der Waals surface area contributed by atoms with Gasteiger partial charge in [-0.1, -0.05) is 12.8 Å². The van der Waals surface area contributed by atoms with E-state index in [1.54, 1.807) is 0 Å². The van der Waals surface area contributed by atoms with Gasteiger partial charge in [0.2, 0.25) is 0 Å². The van der Waals surface area contributed by atoms with Crippen LogP contribution in [-0.4, -0.2) is 69.5 Å². The molecule has 0 spiro atoms. The van der Waals surface area contributed by atoms with Crippen molar-refractivity contribution in [3.63, 3.8) is 0 Å². The van der Waals surface area contributed by atoms with E-state index < -0.39 is 10.4 Å². The van der Waals surface area contributed by atoms with Gasteiger partial charge in [-0.15, -0.1) is 0 Å². The zero-order chi connectivity index (χ0) is 10.7. The molecule has 0 rings (SSSR count). The van der Waals surface area contributed by atoms with E-state index in [1.165, 1.54) is 25.7 Å². The van der Waals surface area contributed by atoms with Crippen LogP contribution in [0, 0.1) is 0 Å². The molecular formula is C6H21NaO6S3. The van der Waals surface area contributed by atoms with Crippen molar-refractivity contribution in [2.45, 2.75) is 25.7 Å². The topological polar surface area (TPSA) is 138 Å². The monoisotopic (exact) mass is 308 g/mol. The second-order valence-electron chi connectivity index (χ2n) is 2.31. The van der Waals surface area contributed by atoms with Crippen LogP contribution in [0.3, 0.4) is 0 Å². The van der Waals surface area contributed by atoms with Crippen molar-refractivity contribution < 1.29 is 28.5 Å². The van der Waals surface area contributed by atoms with Crippen LogP contribution < -0.4 is 0 Å². The van der Waals surface area contributed by atoms with Crippen LogP contribution in [-0.2, 0) is 10.4 Å². The quantitative estimate of drug-likeness (QED) is 0.234. The van der Waals surface area contributed by atoms with Crippen molar-refractivity contribution in [3.05, 3.63) is 0 Å². The van der Waals surface area contributed by atoms with E-state index >= 15 is 0 Å². The Morgan fingerprint density at radius 2 is 1.00 bits per heavy atom. The fourth-order valence-electron chi connectivity index (χ4n) is 0.577. The molecule has 6 nitrogen and oxygen atoms in total. The van der Waals surface area contributed by atoms with Gasteiger partial charge in [-0.25, -0.2) is 0 Å². The third kappa shape index (κ3) is 77.2. The summed E-state index contributed by atoms with van der Waals surface area (Å²) in [6.45, 7) is 0. The average Bonchev–Trinajstić information content (AvgIpc) is 1.95. The van der Waals surface area contributed by atoms with Crippen LogP contribution in [0.1, 0.15) is 25.7 Å². The molecule has 0 amide bonds. The minimum atomic E-state index is -4.67. The van der Waals surface area contributed by atoms with Crippen molar-refractivity contribution >= 4 is 65.2 Å². The Morgan fingerprint density at radius 1 is 0.812 bits per heavy atom. The van der Waals surface area contributed by atoms with E-state index in [-0.39, 0.29) is 40.5 Å². The summed E-state index contributed by atoms with van der Waals surface area (Å²) in [6, 6.07) is 0. The summed E-state index contributed by atoms with van der Waals surface area (Å²) in [6.07, 6.45) is 5.17. The third-order valence-corrected chi connectivity index (χ3v) is 1.70. The number of thiol groups is 2. The molecule has 0 aromatic carbocycles. The molecule has 16 heavy (non-hydrogen) atoms. The molecule has 10 heteroatoms. The Bertz CT molecular complexity index is 173. The molecule has 0 aromatic rings. The van der Waals surface area contributed by atoms with Crippen molar-refractivity contribution in [1.29, 1.82) is 0 Å². The van der Waals surface area contributed by atoms with Crippen LogP contribution in [0.15, 0.2) is 0 Å². The third-order valence-electron chi connectivity index (χ3n) is 1.07. The molecule has 0 fully saturated rings. The molecule has 6 N–H and O–H groups in total. The first kappa shape index (κ1) is 30.5. The second kappa shape index (κ2) is 21.7. The normalized spacial score (nSPS) is 8.50. The van der Waals surface area contributed by atoms with Gasteiger partial charge in [0.1, 0.15) is 0 Å². The fourth-order valence-corrected chi connectivity index (χ4v) is 1.02. The van der Waals surface area contributed by atoms with Crippen molar-refractivity contribution in [3.8, 4) is 0 Å². The van der Waals surface area contributed by atoms with E-state index in [4.69, 9.17) is 17.5 Å². The second-order valence-corrected chi connectivity index (χ2v) is 4.10. The predicted octanol–water partition coefficient (Wildman–Crippen LogP) is -0.544. The van der Waals surface area contributed by atoms with E-state index in [2.05, 4.69) is 25.3 Å². The first-order chi connectivity index (χ1) is 5.91. The van der Waals surface area contributed by atoms with Gasteiger partial charge in [0, 0.05) is 0 Å². The molecule has 0 unspecified atom stereocenters. The van der Waals surface area contributed by atoms with Crippen LogP contribution in [0.4, 0.5) is 0 Å². The van der Waals surface area contributed by atoms with Gasteiger partial charge in [0.05, 0.1) is 0 Å². The number of rotatable bonds is 5. The standard InChI is InChI=1S/C6H14S2.Na.H2O4S.2H2O.H/c7-5-3-1-2-4-6-8;;1-5(2,3)4;;;/h7-8H,1-6H2;;(H2,1,2,3,4);2*1H2;. The molecule has 0 aromatic heterocycles. The Morgan fingerprint density at radius 3 is 1.12 bits per heavy atom. The van der Waals surface area contributed by atoms with Crippen LogP contribution in [0.25, 0.3) is 0 Å². The summed E-state index contributed by atoms with van der Waals surface area (Å²) in [5, 5.41) is 0. The summed E-state index contributed by atoms with van der Waals surface area (Å²) in [7, 11) is -4.67. The Balaban J connectivity index is -0.0000000454. The molecule has 0 aliphatic heterocycles. The van der Waals surface area contributed by atoms with Crippen molar-refractivity contribution in [2.24, 2.45) is 0 Å². The van der Waals surface area contributed by atoms with Gasteiger partial charge >= 0.3 is 40.0 Å². The fraction of sp³-hybridized carbons (Fsp3) is 1.00. The van der Waals surface area contributed by atoms with Crippen molar-refractivity contribution in [1.82, 2.24) is 0 Å². The molecule has 0 bridgehead atoms. The first-order valence-corrected chi connectivity index (χ1v) is 6.49. The molecule has 0 radical (unpaired) electrons. The van der Waals surface area contributed by atoms with Gasteiger partial charge < -0.3 is 11.0 Å². The van der Waals surface area contributed by atoms with E-state index in [1.807, 2.05) is 0 Å². The SMILES string of the molecule is O.O.O=S(=O)(O)O.SCCCCCCS.[NaH]. The zero-order valence-corrected chi connectivity index (χ0v) is 10.9. The van der Waals surface area contributed by atoms with Gasteiger partial charge in [0.15, 0.2) is 0 Å². The first-order valence-electron chi connectivity index (χ1n) is 3.83. The molecule has 0 saturated carbocycles. The summed E-state index contributed by atoms with van der Waals surface area (Å²) in [4.78, 5) is 0. The average molecular weight is 308 g/mol. The number of hydrogen-bond donors (Lipinski definition) is 4. The van der Waals surface area contributed by atoms with E-state index in [0.717, 1.165) is 11.5 Å². The summed E-state index contributed by atoms with van der Waals surface area (Å²) in [5.41, 5.74) is 0. The summed E-state index contributed by atoms with van der Waals surface area (Å²) < 4.78 is 31.6. The molecule has 0 heterocycles. The molecule has 0 saturated heterocycles.